The van der Waals surface area contributed by atoms with Gasteiger partial charge >= 0.3 is 24.3 Å². The molecule has 0 amide bonds. The second-order valence-corrected chi connectivity index (χ2v) is 3.13. The highest BCUT2D eigenvalue weighted by Crippen LogP contribution is 2.13. The number of hydrogen-bond acceptors (Lipinski definition) is 4. The molecular weight excluding hydrogens is 326 g/mol. The summed E-state index contributed by atoms with van der Waals surface area (Å²) in [6.45, 7) is 0.529. The first-order valence-corrected chi connectivity index (χ1v) is 5.02. The van der Waals surface area contributed by atoms with Gasteiger partial charge in [-0.05, 0) is 12.1 Å². The third-order valence-corrected chi connectivity index (χ3v) is 1.42. The third kappa shape index (κ3) is 12.7. The van der Waals surface area contributed by atoms with Crippen molar-refractivity contribution in [1.82, 2.24) is 4.98 Å². The maximum Gasteiger partial charge on any atom is 0.490 e. The summed E-state index contributed by atoms with van der Waals surface area (Å²) in [5.74, 6) is -5.51. The maximum absolute atomic E-state index is 10.6. The molecule has 0 saturated carbocycles. The molecule has 0 radical (unpaired) electrons. The van der Waals surface area contributed by atoms with Gasteiger partial charge in [0.15, 0.2) is 0 Å². The monoisotopic (exact) mass is 336 g/mol. The van der Waals surface area contributed by atoms with Gasteiger partial charge in [-0.25, -0.2) is 9.59 Å². The molecule has 0 aliphatic rings. The van der Waals surface area contributed by atoms with Crippen LogP contribution in [-0.4, -0.2) is 39.5 Å². The van der Waals surface area contributed by atoms with Gasteiger partial charge in [0, 0.05) is 12.7 Å². The minimum Gasteiger partial charge on any atom is -0.475 e. The number of nitrogens with two attached hydrogens (primary N) is 1. The number of carbonyl (C=O) groups is 2. The van der Waals surface area contributed by atoms with Crippen LogP contribution in [0.15, 0.2) is 24.4 Å². The van der Waals surface area contributed by atoms with Crippen molar-refractivity contribution in [3.05, 3.63) is 30.1 Å². The number of carboxylic acids is 2. The van der Waals surface area contributed by atoms with Gasteiger partial charge in [-0.1, -0.05) is 6.07 Å². The fourth-order valence-corrected chi connectivity index (χ4v) is 0.519. The number of halogens is 6. The maximum atomic E-state index is 10.6. The van der Waals surface area contributed by atoms with Gasteiger partial charge < -0.3 is 15.9 Å². The Morgan fingerprint density at radius 3 is 1.50 bits per heavy atom. The molecular formula is C10H10F6N2O4. The average molecular weight is 336 g/mol. The quantitative estimate of drug-likeness (QED) is 0.674. The predicted molar refractivity (Wildman–Crippen MR) is 59.5 cm³/mol. The molecule has 1 heterocycles. The zero-order valence-corrected chi connectivity index (χ0v) is 10.5. The van der Waals surface area contributed by atoms with Crippen LogP contribution in [0.5, 0.6) is 0 Å². The number of nitrogens with zero attached hydrogens (tertiary/aromatic N) is 1. The van der Waals surface area contributed by atoms with Gasteiger partial charge in [0.1, 0.15) is 0 Å². The Hall–Kier alpha value is -2.37. The van der Waals surface area contributed by atoms with Gasteiger partial charge in [0.05, 0.1) is 5.69 Å². The third-order valence-electron chi connectivity index (χ3n) is 1.42. The molecule has 1 rings (SSSR count). The molecule has 0 atom stereocenters. The van der Waals surface area contributed by atoms with E-state index < -0.39 is 24.3 Å². The number of pyridine rings is 1. The van der Waals surface area contributed by atoms with Crippen LogP contribution in [0.25, 0.3) is 0 Å². The number of hydrogen-bond donors (Lipinski definition) is 3. The average Bonchev–Trinajstić information content (AvgIpc) is 2.39. The molecule has 0 aliphatic heterocycles. The van der Waals surface area contributed by atoms with E-state index in [1.165, 1.54) is 0 Å². The van der Waals surface area contributed by atoms with Crippen LogP contribution in [0, 0.1) is 0 Å². The van der Waals surface area contributed by atoms with Gasteiger partial charge in [-0.3, -0.25) is 4.98 Å². The summed E-state index contributed by atoms with van der Waals surface area (Å²) in [6, 6.07) is 5.70. The predicted octanol–water partition coefficient (Wildman–Crippen LogP) is 1.81. The molecule has 0 bridgehead atoms. The zero-order valence-electron chi connectivity index (χ0n) is 10.5. The van der Waals surface area contributed by atoms with Crippen molar-refractivity contribution in [2.45, 2.75) is 18.9 Å². The van der Waals surface area contributed by atoms with E-state index in [0.717, 1.165) is 5.69 Å². The first-order valence-electron chi connectivity index (χ1n) is 5.02. The van der Waals surface area contributed by atoms with Crippen molar-refractivity contribution < 1.29 is 46.1 Å². The van der Waals surface area contributed by atoms with Crippen molar-refractivity contribution >= 4 is 11.9 Å². The molecule has 0 fully saturated rings. The number of aromatic nitrogens is 1. The Labute approximate surface area is 119 Å². The fraction of sp³-hybridized carbons (Fsp3) is 0.300. The van der Waals surface area contributed by atoms with Crippen molar-refractivity contribution in [3.63, 3.8) is 0 Å². The van der Waals surface area contributed by atoms with E-state index in [-0.39, 0.29) is 0 Å². The Morgan fingerprint density at radius 2 is 1.36 bits per heavy atom. The lowest BCUT2D eigenvalue weighted by Gasteiger charge is -1.93. The van der Waals surface area contributed by atoms with E-state index in [9.17, 15) is 26.3 Å². The van der Waals surface area contributed by atoms with E-state index in [2.05, 4.69) is 4.98 Å². The second kappa shape index (κ2) is 9.55. The van der Waals surface area contributed by atoms with Gasteiger partial charge in [0.2, 0.25) is 0 Å². The number of carboxylic acid groups (broad SMARTS) is 2. The standard InChI is InChI=1S/C6H8N2.2C2HF3O2/c7-5-6-3-1-2-4-8-6;2*3-2(4,5)1(6)7/h1-4H,5,7H2;2*(H,6,7). The second-order valence-electron chi connectivity index (χ2n) is 3.13. The largest absolute Gasteiger partial charge is 0.490 e. The molecule has 0 spiro atoms. The van der Waals surface area contributed by atoms with Crippen LogP contribution in [0.2, 0.25) is 0 Å². The van der Waals surface area contributed by atoms with E-state index in [0.29, 0.717) is 6.54 Å². The molecule has 12 heteroatoms. The summed E-state index contributed by atoms with van der Waals surface area (Å²) in [5.41, 5.74) is 6.22. The van der Waals surface area contributed by atoms with Crippen LogP contribution in [0.1, 0.15) is 5.69 Å². The van der Waals surface area contributed by atoms with Crippen LogP contribution in [-0.2, 0) is 16.1 Å². The molecule has 1 aromatic heterocycles. The Morgan fingerprint density at radius 1 is 1.00 bits per heavy atom. The smallest absolute Gasteiger partial charge is 0.475 e. The summed E-state index contributed by atoms with van der Waals surface area (Å²) < 4.78 is 63.5. The first kappa shape index (κ1) is 21.9. The van der Waals surface area contributed by atoms with E-state index in [1.807, 2.05) is 18.2 Å². The highest BCUT2D eigenvalue weighted by atomic mass is 19.4. The van der Waals surface area contributed by atoms with Crippen LogP contribution < -0.4 is 5.73 Å². The van der Waals surface area contributed by atoms with Gasteiger partial charge in [-0.2, -0.15) is 26.3 Å². The molecule has 22 heavy (non-hydrogen) atoms. The highest BCUT2D eigenvalue weighted by molar-refractivity contribution is 5.73. The molecule has 0 saturated heterocycles. The molecule has 6 nitrogen and oxygen atoms in total. The lowest BCUT2D eigenvalue weighted by molar-refractivity contribution is -0.193. The number of rotatable bonds is 1. The Bertz CT molecular complexity index is 437. The topological polar surface area (TPSA) is 114 Å². The molecule has 0 unspecified atom stereocenters. The SMILES string of the molecule is NCc1ccccn1.O=C(O)C(F)(F)F.O=C(O)C(F)(F)F. The van der Waals surface area contributed by atoms with E-state index >= 15 is 0 Å². The van der Waals surface area contributed by atoms with Gasteiger partial charge in [-0.15, -0.1) is 0 Å². The van der Waals surface area contributed by atoms with Crippen molar-refractivity contribution in [3.8, 4) is 0 Å². The van der Waals surface area contributed by atoms with Crippen LogP contribution in [0.4, 0.5) is 26.3 Å². The molecule has 126 valence electrons. The fourth-order valence-electron chi connectivity index (χ4n) is 0.519. The molecule has 0 aromatic carbocycles. The number of alkyl halides is 6. The minimum atomic E-state index is -5.08. The summed E-state index contributed by atoms with van der Waals surface area (Å²) in [6.07, 6.45) is -8.43. The highest BCUT2D eigenvalue weighted by Gasteiger charge is 2.38. The van der Waals surface area contributed by atoms with Crippen molar-refractivity contribution in [2.75, 3.05) is 0 Å². The summed E-state index contributed by atoms with van der Waals surface area (Å²) in [7, 11) is 0. The summed E-state index contributed by atoms with van der Waals surface area (Å²) >= 11 is 0. The van der Waals surface area contributed by atoms with Crippen LogP contribution >= 0.6 is 0 Å². The summed E-state index contributed by atoms with van der Waals surface area (Å²) in [4.78, 5) is 21.8. The number of aliphatic carboxylic acids is 2. The lowest BCUT2D eigenvalue weighted by Crippen LogP contribution is -2.21. The van der Waals surface area contributed by atoms with Crippen molar-refractivity contribution in [2.24, 2.45) is 5.73 Å². The Balaban J connectivity index is 0. The Kier molecular flexibility index (Phi) is 9.51. The lowest BCUT2D eigenvalue weighted by atomic mass is 10.4. The van der Waals surface area contributed by atoms with Crippen LogP contribution in [0.3, 0.4) is 0 Å². The molecule has 1 aromatic rings. The molecule has 0 aliphatic carbocycles. The van der Waals surface area contributed by atoms with Crippen molar-refractivity contribution in [1.29, 1.82) is 0 Å². The van der Waals surface area contributed by atoms with E-state index in [1.54, 1.807) is 6.20 Å². The first-order chi connectivity index (χ1) is 9.82. The minimum absolute atomic E-state index is 0.529. The summed E-state index contributed by atoms with van der Waals surface area (Å²) in [5, 5.41) is 14.2. The van der Waals surface area contributed by atoms with Gasteiger partial charge in [0.25, 0.3) is 0 Å². The van der Waals surface area contributed by atoms with E-state index in [4.69, 9.17) is 25.5 Å². The molecule has 4 N–H and O–H groups in total. The zero-order chi connectivity index (χ0) is 18.0. The normalized spacial score (nSPS) is 10.5.